The molecule has 1 saturated carbocycles. The number of aliphatic imine (C=N–C) groups is 1. The normalized spacial score (nSPS) is 15.7. The van der Waals surface area contributed by atoms with E-state index in [2.05, 4.69) is 25.8 Å². The van der Waals surface area contributed by atoms with Gasteiger partial charge in [0.25, 0.3) is 0 Å². The average Bonchev–Trinajstić information content (AvgIpc) is 2.68. The first kappa shape index (κ1) is 34.2. The molecule has 3 nitrogen and oxygen atoms in total. The molecule has 7 heteroatoms. The smallest absolute Gasteiger partial charge is 0.386 e. The molecule has 208 valence electrons. The SMILES string of the molecule is CC1(C)CCC1.CCC(=O)CC(C)(C)C(F)(F)F.CCCC(C)=Nc1c(C)cc(C(C)(C)O)cc1F. The summed E-state index contributed by atoms with van der Waals surface area (Å²) >= 11 is 0. The number of aryl methyl sites for hydroxylation is 1. The highest BCUT2D eigenvalue weighted by Crippen LogP contribution is 2.40. The molecule has 0 amide bonds. The van der Waals surface area contributed by atoms with Crippen LogP contribution in [0.15, 0.2) is 17.1 Å². The zero-order valence-corrected chi connectivity index (χ0v) is 23.9. The van der Waals surface area contributed by atoms with E-state index in [1.54, 1.807) is 26.8 Å². The van der Waals surface area contributed by atoms with Gasteiger partial charge >= 0.3 is 6.18 Å². The number of hydrogen-bond acceptors (Lipinski definition) is 3. The van der Waals surface area contributed by atoms with Gasteiger partial charge in [0.1, 0.15) is 17.3 Å². The number of carbonyl (C=O) groups is 1. The van der Waals surface area contributed by atoms with Crippen LogP contribution >= 0.6 is 0 Å². The van der Waals surface area contributed by atoms with Gasteiger partial charge in [0.15, 0.2) is 0 Å². The van der Waals surface area contributed by atoms with Gasteiger partial charge < -0.3 is 5.11 Å². The summed E-state index contributed by atoms with van der Waals surface area (Å²) in [5.41, 5.74) is 0.434. The second kappa shape index (κ2) is 13.7. The topological polar surface area (TPSA) is 49.7 Å². The van der Waals surface area contributed by atoms with Crippen LogP contribution in [0.2, 0.25) is 0 Å². The third-order valence-corrected chi connectivity index (χ3v) is 6.38. The number of halogens is 4. The van der Waals surface area contributed by atoms with Crippen LogP contribution in [0.1, 0.15) is 118 Å². The molecule has 1 N–H and O–H groups in total. The van der Waals surface area contributed by atoms with Crippen LogP contribution in [0.5, 0.6) is 0 Å². The molecular formula is C29H47F4NO2. The first-order valence-electron chi connectivity index (χ1n) is 12.8. The maximum Gasteiger partial charge on any atom is 0.394 e. The maximum atomic E-state index is 14.0. The number of rotatable bonds is 7. The van der Waals surface area contributed by atoms with Crippen molar-refractivity contribution in [1.29, 1.82) is 0 Å². The highest BCUT2D eigenvalue weighted by molar-refractivity contribution is 5.85. The van der Waals surface area contributed by atoms with Crippen LogP contribution < -0.4 is 0 Å². The Bertz CT molecular complexity index is 849. The maximum absolute atomic E-state index is 14.0. The van der Waals surface area contributed by atoms with Crippen molar-refractivity contribution in [2.75, 3.05) is 0 Å². The van der Waals surface area contributed by atoms with Crippen LogP contribution in [0.25, 0.3) is 0 Å². The molecule has 0 bridgehead atoms. The Morgan fingerprint density at radius 1 is 1.08 bits per heavy atom. The Morgan fingerprint density at radius 2 is 1.58 bits per heavy atom. The standard InChI is InChI=1S/C15H22FNO.C8H13F3O.C6H12/c1-6-7-11(3)17-14-10(2)8-12(9-13(14)16)15(4,5)18;1-4-6(12)5-7(2,3)8(9,10)11;1-6(2)4-3-5-6/h8-9,18H,6-7H2,1-5H3;4-5H2,1-3H3;3-5H2,1-2H3. The van der Waals surface area contributed by atoms with E-state index in [0.29, 0.717) is 11.3 Å². The van der Waals surface area contributed by atoms with Crippen LogP contribution in [-0.4, -0.2) is 22.8 Å². The monoisotopic (exact) mass is 517 g/mol. The minimum absolute atomic E-state index is 0.166. The summed E-state index contributed by atoms with van der Waals surface area (Å²) in [5.74, 6) is -0.722. The zero-order chi connectivity index (χ0) is 28.5. The Hall–Kier alpha value is -1.76. The van der Waals surface area contributed by atoms with Crippen molar-refractivity contribution in [2.45, 2.75) is 126 Å². The minimum Gasteiger partial charge on any atom is -0.386 e. The van der Waals surface area contributed by atoms with Crippen molar-refractivity contribution in [3.8, 4) is 0 Å². The Kier molecular flexibility index (Phi) is 13.0. The molecule has 0 spiro atoms. The van der Waals surface area contributed by atoms with Gasteiger partial charge in [-0.15, -0.1) is 0 Å². The molecule has 0 aromatic heterocycles. The first-order valence-corrected chi connectivity index (χ1v) is 12.8. The van der Waals surface area contributed by atoms with Crippen LogP contribution in [0, 0.1) is 23.6 Å². The van der Waals surface area contributed by atoms with E-state index in [1.165, 1.54) is 25.3 Å². The number of ketones is 1. The van der Waals surface area contributed by atoms with Crippen molar-refractivity contribution in [2.24, 2.45) is 15.8 Å². The molecule has 0 radical (unpaired) electrons. The fourth-order valence-electron chi connectivity index (χ4n) is 3.44. The zero-order valence-electron chi connectivity index (χ0n) is 23.9. The molecule has 0 aliphatic heterocycles. The van der Waals surface area contributed by atoms with Crippen molar-refractivity contribution in [1.82, 2.24) is 0 Å². The molecule has 2 rings (SSSR count). The average molecular weight is 518 g/mol. The van der Waals surface area contributed by atoms with Gasteiger partial charge in [0.05, 0.1) is 11.0 Å². The van der Waals surface area contributed by atoms with Crippen LogP contribution in [-0.2, 0) is 10.4 Å². The predicted octanol–water partition coefficient (Wildman–Crippen LogP) is 9.39. The molecule has 1 aliphatic rings. The Morgan fingerprint density at radius 3 is 1.89 bits per heavy atom. The minimum atomic E-state index is -4.29. The van der Waals surface area contributed by atoms with E-state index in [4.69, 9.17) is 0 Å². The van der Waals surface area contributed by atoms with E-state index in [0.717, 1.165) is 43.4 Å². The predicted molar refractivity (Wildman–Crippen MR) is 141 cm³/mol. The molecule has 1 fully saturated rings. The second-order valence-electron chi connectivity index (χ2n) is 11.7. The van der Waals surface area contributed by atoms with Crippen LogP contribution in [0.4, 0.5) is 23.2 Å². The number of Topliss-reactive ketones (excluding diaryl/α,β-unsaturated/α-hetero) is 1. The molecule has 0 heterocycles. The number of aliphatic hydroxyl groups is 1. The Labute approximate surface area is 215 Å². The third kappa shape index (κ3) is 12.0. The summed E-state index contributed by atoms with van der Waals surface area (Å²) in [4.78, 5) is 15.1. The molecule has 0 atom stereocenters. The van der Waals surface area contributed by atoms with Crippen molar-refractivity contribution < 1.29 is 27.5 Å². The highest BCUT2D eigenvalue weighted by atomic mass is 19.4. The number of benzene rings is 1. The first-order chi connectivity index (χ1) is 16.2. The van der Waals surface area contributed by atoms with Crippen molar-refractivity contribution in [3.63, 3.8) is 0 Å². The quantitative estimate of drug-likeness (QED) is 0.289. The van der Waals surface area contributed by atoms with Gasteiger partial charge in [-0.25, -0.2) is 4.39 Å². The lowest BCUT2D eigenvalue weighted by Gasteiger charge is -2.33. The summed E-state index contributed by atoms with van der Waals surface area (Å²) in [6.45, 7) is 17.4. The van der Waals surface area contributed by atoms with Crippen LogP contribution in [0.3, 0.4) is 0 Å². The number of carbonyl (C=O) groups excluding carboxylic acids is 1. The van der Waals surface area contributed by atoms with E-state index < -0.39 is 23.6 Å². The lowest BCUT2D eigenvalue weighted by molar-refractivity contribution is -0.213. The van der Waals surface area contributed by atoms with E-state index in [9.17, 15) is 27.5 Å². The number of hydrogen-bond donors (Lipinski definition) is 1. The highest BCUT2D eigenvalue weighted by Gasteiger charge is 2.47. The van der Waals surface area contributed by atoms with Crippen molar-refractivity contribution in [3.05, 3.63) is 29.1 Å². The second-order valence-corrected chi connectivity index (χ2v) is 11.7. The van der Waals surface area contributed by atoms with Gasteiger partial charge in [-0.2, -0.15) is 13.2 Å². The van der Waals surface area contributed by atoms with Gasteiger partial charge in [0, 0.05) is 18.6 Å². The van der Waals surface area contributed by atoms with Crippen molar-refractivity contribution >= 4 is 17.2 Å². The van der Waals surface area contributed by atoms with Gasteiger partial charge in [0.2, 0.25) is 0 Å². The van der Waals surface area contributed by atoms with Gasteiger partial charge in [-0.3, -0.25) is 9.79 Å². The lowest BCUT2D eigenvalue weighted by atomic mass is 9.72. The largest absolute Gasteiger partial charge is 0.394 e. The fourth-order valence-corrected chi connectivity index (χ4v) is 3.44. The summed E-state index contributed by atoms with van der Waals surface area (Å²) in [6.07, 6.45) is 1.68. The van der Waals surface area contributed by atoms with E-state index >= 15 is 0 Å². The molecule has 0 saturated heterocycles. The van der Waals surface area contributed by atoms with Gasteiger partial charge in [-0.05, 0) is 69.6 Å². The molecule has 1 aromatic rings. The molecule has 1 aliphatic carbocycles. The summed E-state index contributed by atoms with van der Waals surface area (Å²) < 4.78 is 50.6. The summed E-state index contributed by atoms with van der Waals surface area (Å²) in [5, 5.41) is 9.89. The lowest BCUT2D eigenvalue weighted by Crippen LogP contribution is -2.34. The Balaban J connectivity index is 0.000000580. The molecule has 1 aromatic carbocycles. The number of nitrogens with zero attached hydrogens (tertiary/aromatic N) is 1. The summed E-state index contributed by atoms with van der Waals surface area (Å²) in [7, 11) is 0. The molecular weight excluding hydrogens is 470 g/mol. The molecule has 36 heavy (non-hydrogen) atoms. The summed E-state index contributed by atoms with van der Waals surface area (Å²) in [6, 6.07) is 3.16. The molecule has 0 unspecified atom stereocenters. The van der Waals surface area contributed by atoms with Gasteiger partial charge in [-0.1, -0.05) is 60.5 Å². The van der Waals surface area contributed by atoms with E-state index in [1.807, 2.05) is 13.8 Å². The number of alkyl halides is 3. The third-order valence-electron chi connectivity index (χ3n) is 6.38. The van der Waals surface area contributed by atoms with E-state index in [-0.39, 0.29) is 18.0 Å². The fraction of sp³-hybridized carbons (Fsp3) is 0.724.